The molecule has 0 bridgehead atoms. The lowest BCUT2D eigenvalue weighted by molar-refractivity contribution is 0.480. The molecule has 0 aliphatic carbocycles. The minimum atomic E-state index is 0.0563. The van der Waals surface area contributed by atoms with Gasteiger partial charge in [0.15, 0.2) is 0 Å². The highest BCUT2D eigenvalue weighted by molar-refractivity contribution is 14.1. The molecule has 3 nitrogen and oxygen atoms in total. The van der Waals surface area contributed by atoms with Gasteiger partial charge in [-0.15, -0.1) is 0 Å². The molecular weight excluding hydrogens is 351 g/mol. The second-order valence-corrected chi connectivity index (χ2v) is 5.33. The Kier molecular flexibility index (Phi) is 2.56. The van der Waals surface area contributed by atoms with E-state index in [1.807, 2.05) is 18.2 Å². The first-order valence-corrected chi connectivity index (χ1v) is 6.35. The van der Waals surface area contributed by atoms with E-state index in [-0.39, 0.29) is 5.75 Å². The van der Waals surface area contributed by atoms with Crippen LogP contribution in [0, 0.1) is 3.57 Å². The Bertz CT molecular complexity index is 745. The molecule has 0 fully saturated rings. The molecule has 0 atom stereocenters. The van der Waals surface area contributed by atoms with E-state index in [1.54, 1.807) is 6.07 Å². The van der Waals surface area contributed by atoms with Gasteiger partial charge in [-0.1, -0.05) is 11.6 Å². The first-order valence-electron chi connectivity index (χ1n) is 4.89. The molecule has 0 amide bonds. The third-order valence-electron chi connectivity index (χ3n) is 2.45. The first kappa shape index (κ1) is 11.0. The molecular formula is C12H6ClIN2O. The van der Waals surface area contributed by atoms with E-state index in [0.29, 0.717) is 16.1 Å². The van der Waals surface area contributed by atoms with Crippen LogP contribution >= 0.6 is 34.2 Å². The van der Waals surface area contributed by atoms with Gasteiger partial charge < -0.3 is 5.11 Å². The molecule has 17 heavy (non-hydrogen) atoms. The lowest BCUT2D eigenvalue weighted by Gasteiger charge is -2.03. The number of aromatic hydroxyl groups is 1. The number of rotatable bonds is 0. The Morgan fingerprint density at radius 2 is 1.82 bits per heavy atom. The SMILES string of the molecule is Oc1cc(Cl)cc2nc3ccc(I)cc3nc12. The van der Waals surface area contributed by atoms with Crippen LogP contribution in [0.5, 0.6) is 5.75 Å². The second-order valence-electron chi connectivity index (χ2n) is 3.65. The first-order chi connectivity index (χ1) is 8.13. The van der Waals surface area contributed by atoms with Crippen molar-refractivity contribution in [3.05, 3.63) is 38.9 Å². The largest absolute Gasteiger partial charge is 0.506 e. The molecule has 3 rings (SSSR count). The van der Waals surface area contributed by atoms with Crippen molar-refractivity contribution >= 4 is 56.3 Å². The van der Waals surface area contributed by atoms with Crippen LogP contribution in [0.15, 0.2) is 30.3 Å². The van der Waals surface area contributed by atoms with E-state index in [2.05, 4.69) is 32.6 Å². The van der Waals surface area contributed by atoms with E-state index >= 15 is 0 Å². The zero-order chi connectivity index (χ0) is 12.0. The van der Waals surface area contributed by atoms with Gasteiger partial charge in [0.2, 0.25) is 0 Å². The van der Waals surface area contributed by atoms with E-state index in [0.717, 1.165) is 14.6 Å². The summed E-state index contributed by atoms with van der Waals surface area (Å²) in [6, 6.07) is 8.96. The maximum atomic E-state index is 9.79. The highest BCUT2D eigenvalue weighted by Gasteiger charge is 2.07. The van der Waals surface area contributed by atoms with Gasteiger partial charge in [-0.25, -0.2) is 9.97 Å². The number of nitrogens with zero attached hydrogens (tertiary/aromatic N) is 2. The lowest BCUT2D eigenvalue weighted by Crippen LogP contribution is -1.88. The van der Waals surface area contributed by atoms with Gasteiger partial charge >= 0.3 is 0 Å². The second kappa shape index (κ2) is 3.96. The molecule has 0 unspecified atom stereocenters. The third kappa shape index (κ3) is 1.91. The van der Waals surface area contributed by atoms with Crippen LogP contribution in [-0.4, -0.2) is 15.1 Å². The highest BCUT2D eigenvalue weighted by atomic mass is 127. The fourth-order valence-electron chi connectivity index (χ4n) is 1.70. The maximum absolute atomic E-state index is 9.79. The van der Waals surface area contributed by atoms with Crippen molar-refractivity contribution in [3.63, 3.8) is 0 Å². The Labute approximate surface area is 116 Å². The monoisotopic (exact) mass is 356 g/mol. The van der Waals surface area contributed by atoms with Crippen molar-refractivity contribution in [2.75, 3.05) is 0 Å². The number of benzene rings is 2. The topological polar surface area (TPSA) is 46.0 Å². The summed E-state index contributed by atoms with van der Waals surface area (Å²) in [7, 11) is 0. The number of aromatic nitrogens is 2. The van der Waals surface area contributed by atoms with Crippen molar-refractivity contribution in [3.8, 4) is 5.75 Å². The van der Waals surface area contributed by atoms with Crippen molar-refractivity contribution in [1.82, 2.24) is 9.97 Å². The number of phenolic OH excluding ortho intramolecular Hbond substituents is 1. The van der Waals surface area contributed by atoms with Crippen LogP contribution in [0.1, 0.15) is 0 Å². The summed E-state index contributed by atoms with van der Waals surface area (Å²) in [5, 5.41) is 10.2. The zero-order valence-electron chi connectivity index (χ0n) is 8.48. The summed E-state index contributed by atoms with van der Waals surface area (Å²) < 4.78 is 1.08. The minimum absolute atomic E-state index is 0.0563. The summed E-state index contributed by atoms with van der Waals surface area (Å²) in [6.45, 7) is 0. The van der Waals surface area contributed by atoms with E-state index in [1.165, 1.54) is 6.07 Å². The Hall–Kier alpha value is -1.14. The number of fused-ring (bicyclic) bond motifs is 2. The van der Waals surface area contributed by atoms with E-state index in [4.69, 9.17) is 11.6 Å². The van der Waals surface area contributed by atoms with Gasteiger partial charge in [0, 0.05) is 14.7 Å². The summed E-state index contributed by atoms with van der Waals surface area (Å²) in [5.41, 5.74) is 2.63. The maximum Gasteiger partial charge on any atom is 0.144 e. The molecule has 0 radical (unpaired) electrons. The van der Waals surface area contributed by atoms with Crippen molar-refractivity contribution in [2.24, 2.45) is 0 Å². The summed E-state index contributed by atoms with van der Waals surface area (Å²) in [5.74, 6) is 0.0563. The molecule has 1 N–H and O–H groups in total. The molecule has 0 saturated carbocycles. The van der Waals surface area contributed by atoms with Crippen LogP contribution < -0.4 is 0 Å². The van der Waals surface area contributed by atoms with Crippen LogP contribution in [0.2, 0.25) is 5.02 Å². The molecule has 1 aromatic heterocycles. The van der Waals surface area contributed by atoms with Crippen LogP contribution in [0.4, 0.5) is 0 Å². The average molecular weight is 357 g/mol. The molecule has 0 spiro atoms. The summed E-state index contributed by atoms with van der Waals surface area (Å²) in [6.07, 6.45) is 0. The normalized spacial score (nSPS) is 11.2. The van der Waals surface area contributed by atoms with Crippen LogP contribution in [-0.2, 0) is 0 Å². The summed E-state index contributed by atoms with van der Waals surface area (Å²) in [4.78, 5) is 8.83. The molecule has 0 aliphatic heterocycles. The highest BCUT2D eigenvalue weighted by Crippen LogP contribution is 2.28. The van der Waals surface area contributed by atoms with Gasteiger partial charge in [0.05, 0.1) is 16.6 Å². The molecule has 84 valence electrons. The lowest BCUT2D eigenvalue weighted by atomic mass is 10.2. The predicted molar refractivity (Wildman–Crippen MR) is 76.4 cm³/mol. The minimum Gasteiger partial charge on any atom is -0.506 e. The molecule has 0 saturated heterocycles. The number of phenols is 1. The molecule has 0 aliphatic rings. The molecule has 1 heterocycles. The fourth-order valence-corrected chi connectivity index (χ4v) is 2.38. The van der Waals surface area contributed by atoms with E-state index in [9.17, 15) is 5.11 Å². The number of halogens is 2. The molecule has 5 heteroatoms. The Morgan fingerprint density at radius 1 is 1.00 bits per heavy atom. The smallest absolute Gasteiger partial charge is 0.144 e. The number of hydrogen-bond acceptors (Lipinski definition) is 3. The van der Waals surface area contributed by atoms with Crippen molar-refractivity contribution in [1.29, 1.82) is 0 Å². The van der Waals surface area contributed by atoms with E-state index < -0.39 is 0 Å². The van der Waals surface area contributed by atoms with Gasteiger partial charge in [0.1, 0.15) is 11.3 Å². The quantitative estimate of drug-likeness (QED) is 0.493. The zero-order valence-corrected chi connectivity index (χ0v) is 11.4. The van der Waals surface area contributed by atoms with Gasteiger partial charge in [-0.2, -0.15) is 0 Å². The Morgan fingerprint density at radius 3 is 2.65 bits per heavy atom. The van der Waals surface area contributed by atoms with Gasteiger partial charge in [-0.3, -0.25) is 0 Å². The van der Waals surface area contributed by atoms with Gasteiger partial charge in [-0.05, 0) is 46.9 Å². The standard InChI is InChI=1S/C12H6ClIN2O/c13-6-3-10-12(11(17)4-6)16-9-5-7(14)1-2-8(9)15-10/h1-5,17H. The third-order valence-corrected chi connectivity index (χ3v) is 3.33. The van der Waals surface area contributed by atoms with Crippen molar-refractivity contribution < 1.29 is 5.11 Å². The fraction of sp³-hybridized carbons (Fsp3) is 0. The van der Waals surface area contributed by atoms with Crippen molar-refractivity contribution in [2.45, 2.75) is 0 Å². The average Bonchev–Trinajstić information content (AvgIpc) is 2.27. The Balaban J connectivity index is 2.48. The van der Waals surface area contributed by atoms with Crippen LogP contribution in [0.25, 0.3) is 22.1 Å². The molecule has 3 aromatic rings. The summed E-state index contributed by atoms with van der Waals surface area (Å²) >= 11 is 8.09. The molecule has 2 aromatic carbocycles. The predicted octanol–water partition coefficient (Wildman–Crippen LogP) is 3.75. The number of hydrogen-bond donors (Lipinski definition) is 1. The van der Waals surface area contributed by atoms with Crippen LogP contribution in [0.3, 0.4) is 0 Å². The van der Waals surface area contributed by atoms with Gasteiger partial charge in [0.25, 0.3) is 0 Å².